The maximum Gasteiger partial charge on any atom is 0.264 e. The Balaban J connectivity index is 1.71. The molecule has 0 aliphatic rings. The first-order chi connectivity index (χ1) is 12.8. The van der Waals surface area contributed by atoms with Gasteiger partial charge in [-0.3, -0.25) is 9.36 Å². The highest BCUT2D eigenvalue weighted by molar-refractivity contribution is 5.74. The standard InChI is InChI=1S/C18H16N6O2/c1-26-10-9-23-12-19-17-14(18(23)25)11-20-24(17)16-8-7-15(21-22-16)13-5-3-2-4-6-13/h2-8,11-12H,9-10H2,1H3. The van der Waals surface area contributed by atoms with Crippen LogP contribution in [0.25, 0.3) is 28.1 Å². The van der Waals surface area contributed by atoms with Gasteiger partial charge < -0.3 is 4.74 Å². The SMILES string of the molecule is COCCn1cnc2c(cnn2-c2ccc(-c3ccccc3)nn2)c1=O. The Kier molecular flexibility index (Phi) is 4.24. The molecule has 0 unspecified atom stereocenters. The predicted octanol–water partition coefficient (Wildman–Crippen LogP) is 1.69. The van der Waals surface area contributed by atoms with Crippen molar-refractivity contribution in [1.82, 2.24) is 29.5 Å². The molecule has 0 atom stereocenters. The Labute approximate surface area is 148 Å². The average molecular weight is 348 g/mol. The van der Waals surface area contributed by atoms with E-state index in [9.17, 15) is 4.79 Å². The summed E-state index contributed by atoms with van der Waals surface area (Å²) in [5.74, 6) is 0.501. The van der Waals surface area contributed by atoms with E-state index in [-0.39, 0.29) is 5.56 Å². The zero-order valence-corrected chi connectivity index (χ0v) is 14.1. The van der Waals surface area contributed by atoms with Crippen LogP contribution in [0.1, 0.15) is 0 Å². The summed E-state index contributed by atoms with van der Waals surface area (Å²) in [6.45, 7) is 0.878. The van der Waals surface area contributed by atoms with Crippen LogP contribution in [0.4, 0.5) is 0 Å². The summed E-state index contributed by atoms with van der Waals surface area (Å²) in [4.78, 5) is 16.8. The van der Waals surface area contributed by atoms with Crippen molar-refractivity contribution in [2.75, 3.05) is 13.7 Å². The summed E-state index contributed by atoms with van der Waals surface area (Å²) in [7, 11) is 1.59. The third kappa shape index (κ3) is 2.86. The number of benzene rings is 1. The molecule has 0 radical (unpaired) electrons. The lowest BCUT2D eigenvalue weighted by atomic mass is 10.1. The lowest BCUT2D eigenvalue weighted by Crippen LogP contribution is -2.22. The maximum absolute atomic E-state index is 12.5. The quantitative estimate of drug-likeness (QED) is 0.545. The van der Waals surface area contributed by atoms with E-state index < -0.39 is 0 Å². The first-order valence-electron chi connectivity index (χ1n) is 8.09. The molecular formula is C18H16N6O2. The molecular weight excluding hydrogens is 332 g/mol. The largest absolute Gasteiger partial charge is 0.383 e. The molecule has 0 bridgehead atoms. The Bertz CT molecular complexity index is 1090. The molecule has 0 aliphatic carbocycles. The number of nitrogens with zero attached hydrogens (tertiary/aromatic N) is 6. The molecule has 0 saturated carbocycles. The van der Waals surface area contributed by atoms with Gasteiger partial charge in [-0.25, -0.2) is 4.98 Å². The number of hydrogen-bond acceptors (Lipinski definition) is 6. The van der Waals surface area contributed by atoms with Gasteiger partial charge >= 0.3 is 0 Å². The molecule has 0 fully saturated rings. The van der Waals surface area contributed by atoms with Gasteiger partial charge in [-0.05, 0) is 12.1 Å². The van der Waals surface area contributed by atoms with Crippen LogP contribution in [0.5, 0.6) is 0 Å². The van der Waals surface area contributed by atoms with Gasteiger partial charge in [-0.2, -0.15) is 9.78 Å². The van der Waals surface area contributed by atoms with Crippen molar-refractivity contribution in [2.45, 2.75) is 6.54 Å². The van der Waals surface area contributed by atoms with Crippen LogP contribution in [-0.4, -0.2) is 43.2 Å². The first kappa shape index (κ1) is 16.1. The fraction of sp³-hybridized carbons (Fsp3) is 0.167. The lowest BCUT2D eigenvalue weighted by molar-refractivity contribution is 0.186. The Morgan fingerprint density at radius 3 is 2.65 bits per heavy atom. The Hall–Kier alpha value is -3.39. The summed E-state index contributed by atoms with van der Waals surface area (Å²) in [5, 5.41) is 13.2. The van der Waals surface area contributed by atoms with Crippen LogP contribution in [0.15, 0.2) is 59.8 Å². The van der Waals surface area contributed by atoms with Crippen LogP contribution in [0, 0.1) is 0 Å². The number of methoxy groups -OCH3 is 1. The minimum Gasteiger partial charge on any atom is -0.383 e. The van der Waals surface area contributed by atoms with Crippen molar-refractivity contribution >= 4 is 11.0 Å². The molecule has 0 N–H and O–H groups in total. The summed E-state index contributed by atoms with van der Waals surface area (Å²) in [6.07, 6.45) is 2.99. The molecule has 8 nitrogen and oxygen atoms in total. The van der Waals surface area contributed by atoms with Crippen molar-refractivity contribution in [2.24, 2.45) is 0 Å². The van der Waals surface area contributed by atoms with Crippen LogP contribution < -0.4 is 5.56 Å². The minimum atomic E-state index is -0.160. The summed E-state index contributed by atoms with van der Waals surface area (Å²) < 4.78 is 8.02. The van der Waals surface area contributed by atoms with E-state index >= 15 is 0 Å². The Morgan fingerprint density at radius 1 is 1.08 bits per heavy atom. The number of ether oxygens (including phenoxy) is 1. The van der Waals surface area contributed by atoms with Gasteiger partial charge in [-0.1, -0.05) is 30.3 Å². The van der Waals surface area contributed by atoms with Crippen LogP contribution in [-0.2, 0) is 11.3 Å². The van der Waals surface area contributed by atoms with Crippen molar-refractivity contribution in [1.29, 1.82) is 0 Å². The fourth-order valence-corrected chi connectivity index (χ4v) is 2.67. The summed E-state index contributed by atoms with van der Waals surface area (Å²) >= 11 is 0. The van der Waals surface area contributed by atoms with Crippen molar-refractivity contribution in [3.63, 3.8) is 0 Å². The predicted molar refractivity (Wildman–Crippen MR) is 96.0 cm³/mol. The van der Waals surface area contributed by atoms with Crippen LogP contribution in [0.2, 0.25) is 0 Å². The number of rotatable bonds is 5. The van der Waals surface area contributed by atoms with E-state index in [1.807, 2.05) is 36.4 Å². The van der Waals surface area contributed by atoms with Gasteiger partial charge in [0.05, 0.1) is 25.0 Å². The molecule has 8 heteroatoms. The van der Waals surface area contributed by atoms with E-state index in [1.54, 1.807) is 13.2 Å². The van der Waals surface area contributed by atoms with Crippen molar-refractivity contribution in [3.05, 3.63) is 65.3 Å². The third-order valence-corrected chi connectivity index (χ3v) is 4.03. The third-order valence-electron chi connectivity index (χ3n) is 4.03. The minimum absolute atomic E-state index is 0.160. The second kappa shape index (κ2) is 6.85. The zero-order chi connectivity index (χ0) is 17.9. The molecule has 3 heterocycles. The molecule has 0 saturated heterocycles. The van der Waals surface area contributed by atoms with Crippen LogP contribution >= 0.6 is 0 Å². The van der Waals surface area contributed by atoms with E-state index in [2.05, 4.69) is 20.3 Å². The fourth-order valence-electron chi connectivity index (χ4n) is 2.67. The molecule has 0 aliphatic heterocycles. The van der Waals surface area contributed by atoms with Gasteiger partial charge in [0.15, 0.2) is 11.5 Å². The lowest BCUT2D eigenvalue weighted by Gasteiger charge is -2.05. The van der Waals surface area contributed by atoms with E-state index in [4.69, 9.17) is 4.74 Å². The first-order valence-corrected chi connectivity index (χ1v) is 8.09. The molecule has 1 aromatic carbocycles. The highest BCUT2D eigenvalue weighted by Crippen LogP contribution is 2.17. The molecule has 4 aromatic rings. The molecule has 0 amide bonds. The second-order valence-corrected chi connectivity index (χ2v) is 5.67. The molecule has 4 rings (SSSR count). The highest BCUT2D eigenvalue weighted by Gasteiger charge is 2.12. The molecule has 26 heavy (non-hydrogen) atoms. The molecule has 0 spiro atoms. The van der Waals surface area contributed by atoms with Gasteiger partial charge in [-0.15, -0.1) is 10.2 Å². The van der Waals surface area contributed by atoms with Crippen molar-refractivity contribution < 1.29 is 4.74 Å². The summed E-state index contributed by atoms with van der Waals surface area (Å²) in [6, 6.07) is 13.5. The number of fused-ring (bicyclic) bond motifs is 1. The van der Waals surface area contributed by atoms with E-state index in [0.717, 1.165) is 11.3 Å². The van der Waals surface area contributed by atoms with E-state index in [0.29, 0.717) is 30.0 Å². The van der Waals surface area contributed by atoms with Crippen molar-refractivity contribution in [3.8, 4) is 17.1 Å². The second-order valence-electron chi connectivity index (χ2n) is 5.67. The number of aromatic nitrogens is 6. The molecule has 130 valence electrons. The smallest absolute Gasteiger partial charge is 0.264 e. The molecule has 3 aromatic heterocycles. The van der Waals surface area contributed by atoms with Gasteiger partial charge in [0.25, 0.3) is 5.56 Å². The van der Waals surface area contributed by atoms with E-state index in [1.165, 1.54) is 21.8 Å². The van der Waals surface area contributed by atoms with Gasteiger partial charge in [0, 0.05) is 12.7 Å². The number of hydrogen-bond donors (Lipinski definition) is 0. The normalized spacial score (nSPS) is 11.1. The van der Waals surface area contributed by atoms with Gasteiger partial charge in [0.2, 0.25) is 0 Å². The highest BCUT2D eigenvalue weighted by atomic mass is 16.5. The monoisotopic (exact) mass is 348 g/mol. The Morgan fingerprint density at radius 2 is 1.92 bits per heavy atom. The average Bonchev–Trinajstić information content (AvgIpc) is 3.13. The zero-order valence-electron chi connectivity index (χ0n) is 14.1. The topological polar surface area (TPSA) is 87.7 Å². The van der Waals surface area contributed by atoms with Crippen LogP contribution in [0.3, 0.4) is 0 Å². The maximum atomic E-state index is 12.5. The summed E-state index contributed by atoms with van der Waals surface area (Å²) in [5.41, 5.74) is 2.04. The van der Waals surface area contributed by atoms with Gasteiger partial charge in [0.1, 0.15) is 11.7 Å².